The Balaban J connectivity index is 2.03. The van der Waals surface area contributed by atoms with Crippen LogP contribution in [-0.2, 0) is 13.0 Å². The quantitative estimate of drug-likeness (QED) is 0.702. The van der Waals surface area contributed by atoms with Gasteiger partial charge in [-0.25, -0.2) is 0 Å². The first-order valence-electron chi connectivity index (χ1n) is 8.51. The molecule has 1 atom stereocenters. The Morgan fingerprint density at radius 2 is 1.90 bits per heavy atom. The summed E-state index contributed by atoms with van der Waals surface area (Å²) in [5.41, 5.74) is 3.13. The van der Waals surface area contributed by atoms with Gasteiger partial charge in [-0.2, -0.15) is 0 Å². The van der Waals surface area contributed by atoms with Crippen LogP contribution in [0.5, 0.6) is 0 Å². The van der Waals surface area contributed by atoms with Gasteiger partial charge in [0.25, 0.3) is 0 Å². The Morgan fingerprint density at radius 1 is 1.15 bits per heavy atom. The van der Waals surface area contributed by atoms with Gasteiger partial charge in [-0.3, -0.25) is 4.90 Å². The molecule has 1 aliphatic rings. The third kappa shape index (κ3) is 4.34. The molecule has 0 aromatic heterocycles. The molecule has 20 heavy (non-hydrogen) atoms. The van der Waals surface area contributed by atoms with Crippen molar-refractivity contribution in [2.75, 3.05) is 6.54 Å². The van der Waals surface area contributed by atoms with Gasteiger partial charge >= 0.3 is 0 Å². The van der Waals surface area contributed by atoms with Gasteiger partial charge < -0.3 is 0 Å². The highest BCUT2D eigenvalue weighted by atomic mass is 15.2. The average Bonchev–Trinajstić information content (AvgIpc) is 2.47. The minimum atomic E-state index is 0.793. The molecule has 0 bridgehead atoms. The molecular formula is C19H31N. The first-order valence-corrected chi connectivity index (χ1v) is 8.51. The van der Waals surface area contributed by atoms with E-state index in [0.29, 0.717) is 0 Å². The fraction of sp³-hybridized carbons (Fsp3) is 0.684. The van der Waals surface area contributed by atoms with Crippen LogP contribution in [0.2, 0.25) is 0 Å². The summed E-state index contributed by atoms with van der Waals surface area (Å²) < 4.78 is 0. The lowest BCUT2D eigenvalue weighted by Crippen LogP contribution is -2.38. The standard InChI is InChI=1S/C19H31N/c1-4-19-11-7-8-14-20(19)15-18-10-6-5-9-17(18)13-12-16(2)3/h5-6,9-10,16,19H,4,7-8,11-15H2,1-3H3. The van der Waals surface area contributed by atoms with Crippen LogP contribution in [0.15, 0.2) is 24.3 Å². The summed E-state index contributed by atoms with van der Waals surface area (Å²) in [6.45, 7) is 9.43. The highest BCUT2D eigenvalue weighted by Gasteiger charge is 2.21. The van der Waals surface area contributed by atoms with Crippen LogP contribution in [0.25, 0.3) is 0 Å². The van der Waals surface area contributed by atoms with Crippen LogP contribution in [0.4, 0.5) is 0 Å². The molecule has 1 heteroatoms. The van der Waals surface area contributed by atoms with Crippen molar-refractivity contribution in [2.45, 2.75) is 71.9 Å². The maximum atomic E-state index is 2.72. The number of rotatable bonds is 6. The van der Waals surface area contributed by atoms with Gasteiger partial charge in [0.2, 0.25) is 0 Å². The van der Waals surface area contributed by atoms with E-state index in [1.165, 1.54) is 45.1 Å². The van der Waals surface area contributed by atoms with E-state index in [0.717, 1.165) is 18.5 Å². The number of nitrogens with zero attached hydrogens (tertiary/aromatic N) is 1. The molecule has 1 nitrogen and oxygen atoms in total. The molecule has 0 amide bonds. The maximum Gasteiger partial charge on any atom is 0.0239 e. The van der Waals surface area contributed by atoms with Crippen LogP contribution in [0.3, 0.4) is 0 Å². The van der Waals surface area contributed by atoms with E-state index in [2.05, 4.69) is 49.9 Å². The van der Waals surface area contributed by atoms with Crippen molar-refractivity contribution in [3.63, 3.8) is 0 Å². The Kier molecular flexibility index (Phi) is 6.09. The third-order valence-corrected chi connectivity index (χ3v) is 4.70. The summed E-state index contributed by atoms with van der Waals surface area (Å²) >= 11 is 0. The first-order chi connectivity index (χ1) is 9.70. The lowest BCUT2D eigenvalue weighted by atomic mass is 9.95. The largest absolute Gasteiger partial charge is 0.296 e. The summed E-state index contributed by atoms with van der Waals surface area (Å²) in [7, 11) is 0. The SMILES string of the molecule is CCC1CCCCN1Cc1ccccc1CCC(C)C. The molecule has 1 saturated heterocycles. The smallest absolute Gasteiger partial charge is 0.0239 e. The number of aryl methyl sites for hydroxylation is 1. The molecule has 1 heterocycles. The van der Waals surface area contributed by atoms with Gasteiger partial charge in [-0.1, -0.05) is 51.5 Å². The summed E-state index contributed by atoms with van der Waals surface area (Å²) in [4.78, 5) is 2.72. The van der Waals surface area contributed by atoms with Crippen LogP contribution < -0.4 is 0 Å². The lowest BCUT2D eigenvalue weighted by Gasteiger charge is -2.35. The van der Waals surface area contributed by atoms with Crippen molar-refractivity contribution >= 4 is 0 Å². The molecule has 1 fully saturated rings. The van der Waals surface area contributed by atoms with Crippen LogP contribution in [-0.4, -0.2) is 17.5 Å². The zero-order valence-electron chi connectivity index (χ0n) is 13.6. The maximum absolute atomic E-state index is 2.72. The van der Waals surface area contributed by atoms with E-state index < -0.39 is 0 Å². The van der Waals surface area contributed by atoms with Gasteiger partial charge in [0.05, 0.1) is 0 Å². The van der Waals surface area contributed by atoms with Crippen LogP contribution in [0, 0.1) is 5.92 Å². The van der Waals surface area contributed by atoms with Crippen molar-refractivity contribution in [1.82, 2.24) is 4.90 Å². The molecule has 0 radical (unpaired) electrons. The van der Waals surface area contributed by atoms with E-state index in [4.69, 9.17) is 0 Å². The molecule has 2 rings (SSSR count). The molecule has 1 unspecified atom stereocenters. The Labute approximate surface area is 125 Å². The number of benzene rings is 1. The molecule has 0 aliphatic carbocycles. The Bertz CT molecular complexity index is 397. The summed E-state index contributed by atoms with van der Waals surface area (Å²) in [6.07, 6.45) is 8.03. The summed E-state index contributed by atoms with van der Waals surface area (Å²) in [5, 5.41) is 0. The molecule has 1 aromatic carbocycles. The number of hydrogen-bond donors (Lipinski definition) is 0. The van der Waals surface area contributed by atoms with Gasteiger partial charge in [0, 0.05) is 12.6 Å². The Hall–Kier alpha value is -0.820. The van der Waals surface area contributed by atoms with Crippen molar-refractivity contribution in [3.8, 4) is 0 Å². The fourth-order valence-electron chi connectivity index (χ4n) is 3.35. The minimum Gasteiger partial charge on any atom is -0.296 e. The second-order valence-corrected chi connectivity index (χ2v) is 6.73. The van der Waals surface area contributed by atoms with Crippen molar-refractivity contribution in [3.05, 3.63) is 35.4 Å². The number of hydrogen-bond acceptors (Lipinski definition) is 1. The molecule has 0 N–H and O–H groups in total. The van der Waals surface area contributed by atoms with E-state index >= 15 is 0 Å². The van der Waals surface area contributed by atoms with Gasteiger partial charge in [-0.15, -0.1) is 0 Å². The second kappa shape index (κ2) is 7.83. The van der Waals surface area contributed by atoms with E-state index in [-0.39, 0.29) is 0 Å². The van der Waals surface area contributed by atoms with E-state index in [1.807, 2.05) is 0 Å². The van der Waals surface area contributed by atoms with Gasteiger partial charge in [0.15, 0.2) is 0 Å². The minimum absolute atomic E-state index is 0.793. The zero-order chi connectivity index (χ0) is 14.4. The predicted octanol–water partition coefficient (Wildman–Crippen LogP) is 5.04. The van der Waals surface area contributed by atoms with Crippen molar-refractivity contribution in [1.29, 1.82) is 0 Å². The van der Waals surface area contributed by atoms with E-state index in [1.54, 1.807) is 11.1 Å². The molecule has 1 aromatic rings. The van der Waals surface area contributed by atoms with Gasteiger partial charge in [0.1, 0.15) is 0 Å². The average molecular weight is 273 g/mol. The predicted molar refractivity (Wildman–Crippen MR) is 87.9 cm³/mol. The Morgan fingerprint density at radius 3 is 2.60 bits per heavy atom. The molecule has 1 aliphatic heterocycles. The molecular weight excluding hydrogens is 242 g/mol. The fourth-order valence-corrected chi connectivity index (χ4v) is 3.35. The van der Waals surface area contributed by atoms with Crippen LogP contribution >= 0.6 is 0 Å². The normalized spacial score (nSPS) is 20.5. The zero-order valence-corrected chi connectivity index (χ0v) is 13.6. The van der Waals surface area contributed by atoms with Gasteiger partial charge in [-0.05, 0) is 55.7 Å². The third-order valence-electron chi connectivity index (χ3n) is 4.70. The van der Waals surface area contributed by atoms with Crippen molar-refractivity contribution in [2.24, 2.45) is 5.92 Å². The first kappa shape index (κ1) is 15.6. The highest BCUT2D eigenvalue weighted by Crippen LogP contribution is 2.23. The van der Waals surface area contributed by atoms with Crippen molar-refractivity contribution < 1.29 is 0 Å². The number of piperidine rings is 1. The topological polar surface area (TPSA) is 3.24 Å². The highest BCUT2D eigenvalue weighted by molar-refractivity contribution is 5.27. The monoisotopic (exact) mass is 273 g/mol. The summed E-state index contributed by atoms with van der Waals surface area (Å²) in [5.74, 6) is 0.793. The molecule has 0 saturated carbocycles. The second-order valence-electron chi connectivity index (χ2n) is 6.73. The summed E-state index contributed by atoms with van der Waals surface area (Å²) in [6, 6.07) is 9.90. The molecule has 0 spiro atoms. The van der Waals surface area contributed by atoms with E-state index in [9.17, 15) is 0 Å². The van der Waals surface area contributed by atoms with Crippen LogP contribution in [0.1, 0.15) is 64.0 Å². The lowest BCUT2D eigenvalue weighted by molar-refractivity contribution is 0.136. The molecule has 112 valence electrons. The number of likely N-dealkylation sites (tertiary alicyclic amines) is 1.